The topological polar surface area (TPSA) is 41.6 Å². The van der Waals surface area contributed by atoms with Crippen molar-refractivity contribution in [1.82, 2.24) is 10.2 Å². The van der Waals surface area contributed by atoms with E-state index in [0.29, 0.717) is 0 Å². The third-order valence-electron chi connectivity index (χ3n) is 4.87. The molecular weight excluding hydrogens is 300 g/mol. The summed E-state index contributed by atoms with van der Waals surface area (Å²) in [7, 11) is 0. The Morgan fingerprint density at radius 1 is 1.17 bits per heavy atom. The molecule has 0 saturated heterocycles. The zero-order chi connectivity index (χ0) is 17.2. The van der Waals surface area contributed by atoms with E-state index in [0.717, 1.165) is 44.6 Å². The van der Waals surface area contributed by atoms with Gasteiger partial charge in [-0.3, -0.25) is 5.32 Å². The molecule has 1 aromatic carbocycles. The molecule has 0 spiro atoms. The van der Waals surface area contributed by atoms with Crippen LogP contribution in [0.1, 0.15) is 57.6 Å². The van der Waals surface area contributed by atoms with E-state index in [-0.39, 0.29) is 18.1 Å². The maximum absolute atomic E-state index is 12.7. The zero-order valence-corrected chi connectivity index (χ0v) is 15.2. The van der Waals surface area contributed by atoms with E-state index >= 15 is 0 Å². The number of carbonyl (C=O) groups excluding carboxylic acids is 1. The average molecular weight is 332 g/mol. The molecule has 1 fully saturated rings. The zero-order valence-electron chi connectivity index (χ0n) is 15.2. The smallest absolute Gasteiger partial charge is 0.328 e. The number of likely N-dealkylation sites (N-methyl/N-ethyl adjacent to an activating group) is 1. The van der Waals surface area contributed by atoms with Crippen LogP contribution in [0.25, 0.3) is 0 Å². The standard InChI is InChI=1S/C20H32N2O2/c1-3-22(4-2)16-15-21-19(17-11-7-5-8-12-17)20(23)24-18-13-9-6-10-14-18/h5,7-8,11-12,18-19,21H,3-4,6,9-10,13-16H2,1-2H3. The van der Waals surface area contributed by atoms with Crippen molar-refractivity contribution in [3.63, 3.8) is 0 Å². The molecule has 4 heteroatoms. The molecule has 1 N–H and O–H groups in total. The van der Waals surface area contributed by atoms with Crippen LogP contribution in [0.5, 0.6) is 0 Å². The molecule has 0 amide bonds. The fourth-order valence-electron chi connectivity index (χ4n) is 3.30. The number of carbonyl (C=O) groups is 1. The monoisotopic (exact) mass is 332 g/mol. The van der Waals surface area contributed by atoms with Crippen LogP contribution in [-0.4, -0.2) is 43.2 Å². The van der Waals surface area contributed by atoms with Crippen molar-refractivity contribution in [1.29, 1.82) is 0 Å². The lowest BCUT2D eigenvalue weighted by Gasteiger charge is -2.26. The van der Waals surface area contributed by atoms with E-state index in [1.54, 1.807) is 0 Å². The maximum atomic E-state index is 12.7. The van der Waals surface area contributed by atoms with E-state index in [9.17, 15) is 4.79 Å². The normalized spacial score (nSPS) is 17.0. The summed E-state index contributed by atoms with van der Waals surface area (Å²) in [6, 6.07) is 9.55. The molecule has 0 bridgehead atoms. The van der Waals surface area contributed by atoms with Crippen LogP contribution in [-0.2, 0) is 9.53 Å². The lowest BCUT2D eigenvalue weighted by Crippen LogP contribution is -2.38. The molecule has 1 aliphatic carbocycles. The Morgan fingerprint density at radius 3 is 2.46 bits per heavy atom. The summed E-state index contributed by atoms with van der Waals surface area (Å²) in [6.45, 7) is 8.10. The second-order valence-electron chi connectivity index (χ2n) is 6.52. The van der Waals surface area contributed by atoms with Gasteiger partial charge in [-0.1, -0.05) is 50.6 Å². The quantitative estimate of drug-likeness (QED) is 0.702. The van der Waals surface area contributed by atoms with Crippen molar-refractivity contribution in [2.24, 2.45) is 0 Å². The summed E-state index contributed by atoms with van der Waals surface area (Å²) in [4.78, 5) is 15.1. The van der Waals surface area contributed by atoms with Gasteiger partial charge >= 0.3 is 5.97 Å². The second kappa shape index (κ2) is 10.5. The van der Waals surface area contributed by atoms with Crippen LogP contribution in [0.15, 0.2) is 30.3 Å². The van der Waals surface area contributed by atoms with Crippen LogP contribution < -0.4 is 5.32 Å². The number of rotatable bonds is 9. The van der Waals surface area contributed by atoms with Crippen molar-refractivity contribution in [3.05, 3.63) is 35.9 Å². The molecule has 1 atom stereocenters. The lowest BCUT2D eigenvalue weighted by atomic mass is 9.97. The molecule has 1 saturated carbocycles. The van der Waals surface area contributed by atoms with Crippen LogP contribution in [0.4, 0.5) is 0 Å². The highest BCUT2D eigenvalue weighted by molar-refractivity contribution is 5.77. The highest BCUT2D eigenvalue weighted by atomic mass is 16.5. The van der Waals surface area contributed by atoms with E-state index in [1.165, 1.54) is 19.3 Å². The molecule has 1 unspecified atom stereocenters. The molecule has 4 nitrogen and oxygen atoms in total. The Morgan fingerprint density at radius 2 is 1.83 bits per heavy atom. The van der Waals surface area contributed by atoms with Gasteiger partial charge in [0.25, 0.3) is 0 Å². The van der Waals surface area contributed by atoms with Crippen molar-refractivity contribution in [2.45, 2.75) is 58.1 Å². The number of benzene rings is 1. The van der Waals surface area contributed by atoms with Crippen molar-refractivity contribution >= 4 is 5.97 Å². The molecule has 134 valence electrons. The van der Waals surface area contributed by atoms with Gasteiger partial charge in [0, 0.05) is 13.1 Å². The number of nitrogens with one attached hydrogen (secondary N) is 1. The number of ether oxygens (including phenoxy) is 1. The van der Waals surface area contributed by atoms with Crippen molar-refractivity contribution in [2.75, 3.05) is 26.2 Å². The third kappa shape index (κ3) is 5.91. The SMILES string of the molecule is CCN(CC)CCNC(C(=O)OC1CCCCC1)c1ccccc1. The van der Waals surface area contributed by atoms with Crippen LogP contribution >= 0.6 is 0 Å². The first-order valence-corrected chi connectivity index (χ1v) is 9.45. The van der Waals surface area contributed by atoms with Gasteiger partial charge in [0.2, 0.25) is 0 Å². The Hall–Kier alpha value is -1.39. The molecule has 1 aliphatic rings. The van der Waals surface area contributed by atoms with Crippen molar-refractivity contribution in [3.8, 4) is 0 Å². The second-order valence-corrected chi connectivity index (χ2v) is 6.52. The molecule has 1 aromatic rings. The molecule has 0 radical (unpaired) electrons. The molecule has 2 rings (SSSR count). The van der Waals surface area contributed by atoms with E-state index in [4.69, 9.17) is 4.74 Å². The van der Waals surface area contributed by atoms with Gasteiger partial charge in [0.15, 0.2) is 0 Å². The summed E-state index contributed by atoms with van der Waals surface area (Å²) in [6.07, 6.45) is 5.71. The summed E-state index contributed by atoms with van der Waals surface area (Å²) in [5.41, 5.74) is 0.984. The van der Waals surface area contributed by atoms with Gasteiger partial charge in [-0.25, -0.2) is 4.79 Å². The van der Waals surface area contributed by atoms with Gasteiger partial charge in [-0.2, -0.15) is 0 Å². The minimum atomic E-state index is -0.372. The van der Waals surface area contributed by atoms with Crippen LogP contribution in [0, 0.1) is 0 Å². The Bertz CT molecular complexity index is 468. The first kappa shape index (κ1) is 18.9. The third-order valence-corrected chi connectivity index (χ3v) is 4.87. The maximum Gasteiger partial charge on any atom is 0.328 e. The van der Waals surface area contributed by atoms with Gasteiger partial charge in [-0.05, 0) is 44.3 Å². The molecule has 24 heavy (non-hydrogen) atoms. The average Bonchev–Trinajstić information content (AvgIpc) is 2.63. The van der Waals surface area contributed by atoms with Gasteiger partial charge in [-0.15, -0.1) is 0 Å². The summed E-state index contributed by atoms with van der Waals surface area (Å²) >= 11 is 0. The summed E-state index contributed by atoms with van der Waals surface area (Å²) in [5, 5.41) is 3.41. The van der Waals surface area contributed by atoms with Crippen molar-refractivity contribution < 1.29 is 9.53 Å². The summed E-state index contributed by atoms with van der Waals surface area (Å²) in [5.74, 6) is -0.132. The Balaban J connectivity index is 1.95. The summed E-state index contributed by atoms with van der Waals surface area (Å²) < 4.78 is 5.80. The minimum Gasteiger partial charge on any atom is -0.461 e. The highest BCUT2D eigenvalue weighted by Crippen LogP contribution is 2.23. The molecule has 0 aromatic heterocycles. The fraction of sp³-hybridized carbons (Fsp3) is 0.650. The number of nitrogens with zero attached hydrogens (tertiary/aromatic N) is 1. The number of esters is 1. The molecule has 0 heterocycles. The van der Waals surface area contributed by atoms with E-state index in [2.05, 4.69) is 24.1 Å². The molecule has 0 aliphatic heterocycles. The van der Waals surface area contributed by atoms with Crippen LogP contribution in [0.2, 0.25) is 0 Å². The highest BCUT2D eigenvalue weighted by Gasteiger charge is 2.25. The Labute approximate surface area is 146 Å². The van der Waals surface area contributed by atoms with Gasteiger partial charge in [0.05, 0.1) is 0 Å². The first-order valence-electron chi connectivity index (χ1n) is 9.45. The predicted octanol–water partition coefficient (Wildman–Crippen LogP) is 3.54. The van der Waals surface area contributed by atoms with E-state index in [1.807, 2.05) is 30.3 Å². The largest absolute Gasteiger partial charge is 0.461 e. The van der Waals surface area contributed by atoms with E-state index < -0.39 is 0 Å². The number of hydrogen-bond donors (Lipinski definition) is 1. The van der Waals surface area contributed by atoms with Crippen LogP contribution in [0.3, 0.4) is 0 Å². The molecular formula is C20H32N2O2. The van der Waals surface area contributed by atoms with Gasteiger partial charge < -0.3 is 9.64 Å². The fourth-order valence-corrected chi connectivity index (χ4v) is 3.30. The Kier molecular flexibility index (Phi) is 8.26. The minimum absolute atomic E-state index is 0.0991. The number of hydrogen-bond acceptors (Lipinski definition) is 4. The first-order chi connectivity index (χ1) is 11.7. The predicted molar refractivity (Wildman–Crippen MR) is 97.9 cm³/mol. The lowest BCUT2D eigenvalue weighted by molar-refractivity contribution is -0.153. The van der Waals surface area contributed by atoms with Gasteiger partial charge in [0.1, 0.15) is 12.1 Å².